The Hall–Kier alpha value is -3.47. The average Bonchev–Trinajstić information content (AvgIpc) is 3.35. The molecule has 3 heterocycles. The molecule has 0 saturated heterocycles. The number of rotatable bonds is 4. The number of hydrogen-bond donors (Lipinski definition) is 0. The molecular weight excluding hydrogens is 324 g/mol. The molecule has 0 radical (unpaired) electrons. The lowest BCUT2D eigenvalue weighted by Gasteiger charge is -2.02. The molecule has 3 aromatic heterocycles. The van der Waals surface area contributed by atoms with Gasteiger partial charge in [0.2, 0.25) is 11.7 Å². The molecule has 0 fully saturated rings. The van der Waals surface area contributed by atoms with Gasteiger partial charge in [0.05, 0.1) is 18.0 Å². The number of hydrogen-bond acceptors (Lipinski definition) is 4. The van der Waals surface area contributed by atoms with Gasteiger partial charge < -0.3 is 8.92 Å². The summed E-state index contributed by atoms with van der Waals surface area (Å²) in [5, 5.41) is 6.64. The molecule has 0 aliphatic rings. The van der Waals surface area contributed by atoms with E-state index in [-0.39, 0.29) is 0 Å². The summed E-state index contributed by atoms with van der Waals surface area (Å²) in [4.78, 5) is 8.67. The summed E-state index contributed by atoms with van der Waals surface area (Å²) >= 11 is 0. The van der Waals surface area contributed by atoms with E-state index in [1.807, 2.05) is 28.9 Å². The highest BCUT2D eigenvalue weighted by atomic mass is 16.5. The van der Waals surface area contributed by atoms with Crippen molar-refractivity contribution >= 4 is 16.3 Å². The van der Waals surface area contributed by atoms with Crippen LogP contribution in [-0.4, -0.2) is 19.5 Å². The van der Waals surface area contributed by atoms with Crippen LogP contribution in [-0.2, 0) is 12.8 Å². The van der Waals surface area contributed by atoms with Gasteiger partial charge in [-0.05, 0) is 34.9 Å². The number of nitrogens with zero attached hydrogens (tertiary/aromatic N) is 4. The maximum atomic E-state index is 5.44. The second-order valence-corrected chi connectivity index (χ2v) is 6.33. The number of pyridine rings is 1. The summed E-state index contributed by atoms with van der Waals surface area (Å²) in [5.74, 6) is 1.27. The number of fused-ring (bicyclic) bond motifs is 2. The quantitative estimate of drug-likeness (QED) is 0.489. The van der Waals surface area contributed by atoms with Crippen LogP contribution in [0.4, 0.5) is 0 Å². The summed E-state index contributed by atoms with van der Waals surface area (Å²) < 4.78 is 7.39. The highest BCUT2D eigenvalue weighted by Crippen LogP contribution is 2.20. The molecule has 5 rings (SSSR count). The molecule has 0 atom stereocenters. The monoisotopic (exact) mass is 340 g/mol. The SMILES string of the molecule is c1ccc2cc(CCc3nc(-c4ccn5cncc5c4)no3)ccc2c1. The van der Waals surface area contributed by atoms with E-state index in [9.17, 15) is 0 Å². The van der Waals surface area contributed by atoms with E-state index in [0.29, 0.717) is 11.7 Å². The number of benzene rings is 2. The summed E-state index contributed by atoms with van der Waals surface area (Å²) in [7, 11) is 0. The van der Waals surface area contributed by atoms with E-state index >= 15 is 0 Å². The average molecular weight is 340 g/mol. The van der Waals surface area contributed by atoms with Crippen molar-refractivity contribution in [1.82, 2.24) is 19.5 Å². The predicted molar refractivity (Wildman–Crippen MR) is 99.8 cm³/mol. The van der Waals surface area contributed by atoms with E-state index < -0.39 is 0 Å². The molecule has 126 valence electrons. The molecule has 0 N–H and O–H groups in total. The van der Waals surface area contributed by atoms with Crippen LogP contribution in [0.2, 0.25) is 0 Å². The Morgan fingerprint density at radius 2 is 1.85 bits per heavy atom. The van der Waals surface area contributed by atoms with Gasteiger partial charge in [0.1, 0.15) is 0 Å². The van der Waals surface area contributed by atoms with Crippen molar-refractivity contribution in [3.8, 4) is 11.4 Å². The number of imidazole rings is 1. The second kappa shape index (κ2) is 6.11. The third-order valence-corrected chi connectivity index (χ3v) is 4.58. The van der Waals surface area contributed by atoms with Gasteiger partial charge in [0.25, 0.3) is 0 Å². The fourth-order valence-corrected chi connectivity index (χ4v) is 3.18. The van der Waals surface area contributed by atoms with Crippen molar-refractivity contribution in [3.63, 3.8) is 0 Å². The van der Waals surface area contributed by atoms with Crippen LogP contribution < -0.4 is 0 Å². The van der Waals surface area contributed by atoms with Gasteiger partial charge in [-0.25, -0.2) is 4.98 Å². The smallest absolute Gasteiger partial charge is 0.227 e. The van der Waals surface area contributed by atoms with Crippen LogP contribution in [0.15, 0.2) is 77.8 Å². The van der Waals surface area contributed by atoms with Gasteiger partial charge in [-0.1, -0.05) is 47.6 Å². The number of aryl methyl sites for hydroxylation is 2. The minimum atomic E-state index is 0.613. The Labute approximate surface area is 149 Å². The zero-order valence-corrected chi connectivity index (χ0v) is 14.0. The van der Waals surface area contributed by atoms with Gasteiger partial charge >= 0.3 is 0 Å². The Kier molecular flexibility index (Phi) is 3.49. The first-order chi connectivity index (χ1) is 12.8. The fraction of sp³-hybridized carbons (Fsp3) is 0.0952. The van der Waals surface area contributed by atoms with E-state index in [2.05, 4.69) is 57.6 Å². The molecule has 0 aliphatic heterocycles. The molecule has 0 spiro atoms. The van der Waals surface area contributed by atoms with Crippen LogP contribution >= 0.6 is 0 Å². The van der Waals surface area contributed by atoms with Crippen molar-refractivity contribution in [2.24, 2.45) is 0 Å². The standard InChI is InChI=1S/C21H16N4O/c1-2-4-17-11-15(5-7-16(17)3-1)6-8-20-23-21(24-26-20)18-9-10-25-14-22-13-19(25)12-18/h1-5,7,9-14H,6,8H2. The third kappa shape index (κ3) is 2.73. The van der Waals surface area contributed by atoms with Crippen LogP contribution in [0, 0.1) is 0 Å². The summed E-state index contributed by atoms with van der Waals surface area (Å²) in [5.41, 5.74) is 3.20. The Morgan fingerprint density at radius 3 is 2.81 bits per heavy atom. The summed E-state index contributed by atoms with van der Waals surface area (Å²) in [6.45, 7) is 0. The Morgan fingerprint density at radius 1 is 0.923 bits per heavy atom. The number of aromatic nitrogens is 4. The van der Waals surface area contributed by atoms with E-state index in [0.717, 1.165) is 23.9 Å². The zero-order chi connectivity index (χ0) is 17.3. The second-order valence-electron chi connectivity index (χ2n) is 6.33. The largest absolute Gasteiger partial charge is 0.339 e. The molecular formula is C21H16N4O. The molecule has 5 aromatic rings. The van der Waals surface area contributed by atoms with E-state index in [1.54, 1.807) is 6.33 Å². The lowest BCUT2D eigenvalue weighted by molar-refractivity contribution is 0.379. The molecule has 0 saturated carbocycles. The summed E-state index contributed by atoms with van der Waals surface area (Å²) in [6, 6.07) is 18.9. The van der Waals surface area contributed by atoms with Crippen molar-refractivity contribution in [2.45, 2.75) is 12.8 Å². The van der Waals surface area contributed by atoms with Crippen molar-refractivity contribution < 1.29 is 4.52 Å². The van der Waals surface area contributed by atoms with Crippen LogP contribution in [0.25, 0.3) is 27.7 Å². The Bertz CT molecular complexity index is 1200. The highest BCUT2D eigenvalue weighted by Gasteiger charge is 2.10. The first kappa shape index (κ1) is 14.8. The van der Waals surface area contributed by atoms with Gasteiger partial charge in [-0.2, -0.15) is 4.98 Å². The maximum Gasteiger partial charge on any atom is 0.227 e. The molecule has 0 aliphatic carbocycles. The molecule has 0 unspecified atom stereocenters. The normalized spacial score (nSPS) is 11.4. The zero-order valence-electron chi connectivity index (χ0n) is 14.0. The topological polar surface area (TPSA) is 56.2 Å². The lowest BCUT2D eigenvalue weighted by Crippen LogP contribution is -1.92. The van der Waals surface area contributed by atoms with Crippen LogP contribution in [0.3, 0.4) is 0 Å². The summed E-state index contributed by atoms with van der Waals surface area (Å²) in [6.07, 6.45) is 7.12. The van der Waals surface area contributed by atoms with Gasteiger partial charge in [0, 0.05) is 18.2 Å². The van der Waals surface area contributed by atoms with Gasteiger partial charge in [-0.3, -0.25) is 0 Å². The Balaban J connectivity index is 1.34. The third-order valence-electron chi connectivity index (χ3n) is 4.58. The van der Waals surface area contributed by atoms with Crippen molar-refractivity contribution in [1.29, 1.82) is 0 Å². The molecule has 26 heavy (non-hydrogen) atoms. The van der Waals surface area contributed by atoms with Gasteiger partial charge in [0.15, 0.2) is 0 Å². The molecule has 5 heteroatoms. The molecule has 0 amide bonds. The van der Waals surface area contributed by atoms with Crippen LogP contribution in [0.5, 0.6) is 0 Å². The first-order valence-corrected chi connectivity index (χ1v) is 8.57. The minimum Gasteiger partial charge on any atom is -0.339 e. The molecule has 2 aromatic carbocycles. The van der Waals surface area contributed by atoms with Crippen LogP contribution in [0.1, 0.15) is 11.5 Å². The predicted octanol–water partition coefficient (Wildman–Crippen LogP) is 4.32. The van der Waals surface area contributed by atoms with E-state index in [1.165, 1.54) is 16.3 Å². The maximum absolute atomic E-state index is 5.44. The van der Waals surface area contributed by atoms with Gasteiger partial charge in [-0.15, -0.1) is 0 Å². The highest BCUT2D eigenvalue weighted by molar-refractivity contribution is 5.83. The molecule has 0 bridgehead atoms. The van der Waals surface area contributed by atoms with E-state index in [4.69, 9.17) is 4.52 Å². The van der Waals surface area contributed by atoms with Crippen molar-refractivity contribution in [2.75, 3.05) is 0 Å². The minimum absolute atomic E-state index is 0.613. The fourth-order valence-electron chi connectivity index (χ4n) is 3.18. The lowest BCUT2D eigenvalue weighted by atomic mass is 10.0. The van der Waals surface area contributed by atoms with Crippen molar-refractivity contribution in [3.05, 3.63) is 84.8 Å². The first-order valence-electron chi connectivity index (χ1n) is 8.57. The molecule has 5 nitrogen and oxygen atoms in total.